The summed E-state index contributed by atoms with van der Waals surface area (Å²) in [5, 5.41) is 11.4. The molecule has 12 heteroatoms. The van der Waals surface area contributed by atoms with E-state index < -0.39 is 21.8 Å². The molecule has 3 heterocycles. The van der Waals surface area contributed by atoms with E-state index in [1.54, 1.807) is 26.0 Å². The molecular formula is C18H15F3N6O2S. The van der Waals surface area contributed by atoms with Crippen molar-refractivity contribution < 1.29 is 21.6 Å². The maximum Gasteiger partial charge on any atom is 0.416 e. The number of aryl methyl sites for hydroxylation is 2. The molecule has 4 aromatic rings. The minimum Gasteiger partial charge on any atom is -0.279 e. The number of anilines is 1. The van der Waals surface area contributed by atoms with Gasteiger partial charge in [0, 0.05) is 11.6 Å². The number of nitrogens with zero attached hydrogens (tertiary/aromatic N) is 4. The number of hydrogen-bond acceptors (Lipinski definition) is 5. The fourth-order valence-corrected chi connectivity index (χ4v) is 4.07. The van der Waals surface area contributed by atoms with Crippen LogP contribution in [0.15, 0.2) is 47.8 Å². The van der Waals surface area contributed by atoms with Crippen LogP contribution < -0.4 is 4.72 Å². The minimum atomic E-state index is -4.56. The molecule has 0 amide bonds. The highest BCUT2D eigenvalue weighted by atomic mass is 32.2. The van der Waals surface area contributed by atoms with Crippen LogP contribution in [-0.4, -0.2) is 33.4 Å². The second kappa shape index (κ2) is 6.83. The lowest BCUT2D eigenvalue weighted by Crippen LogP contribution is -2.13. The second-order valence-corrected chi connectivity index (χ2v) is 8.30. The number of benzene rings is 1. The van der Waals surface area contributed by atoms with Gasteiger partial charge in [-0.15, -0.1) is 0 Å². The molecule has 0 aliphatic rings. The van der Waals surface area contributed by atoms with Gasteiger partial charge in [0.1, 0.15) is 4.90 Å². The Balaban J connectivity index is 1.71. The van der Waals surface area contributed by atoms with Crippen LogP contribution in [0, 0.1) is 13.8 Å². The van der Waals surface area contributed by atoms with Crippen molar-refractivity contribution in [3.8, 4) is 5.82 Å². The highest BCUT2D eigenvalue weighted by Crippen LogP contribution is 2.31. The van der Waals surface area contributed by atoms with Crippen molar-refractivity contribution in [1.82, 2.24) is 25.0 Å². The first kappa shape index (κ1) is 19.9. The quantitative estimate of drug-likeness (QED) is 0.509. The summed E-state index contributed by atoms with van der Waals surface area (Å²) in [4.78, 5) is 3.61. The summed E-state index contributed by atoms with van der Waals surface area (Å²) in [7, 11) is -4.07. The van der Waals surface area contributed by atoms with Gasteiger partial charge in [0.15, 0.2) is 5.82 Å². The molecular weight excluding hydrogens is 421 g/mol. The van der Waals surface area contributed by atoms with Crippen LogP contribution in [0.2, 0.25) is 0 Å². The molecule has 2 N–H and O–H groups in total. The fraction of sp³-hybridized carbons (Fsp3) is 0.167. The van der Waals surface area contributed by atoms with Crippen LogP contribution >= 0.6 is 0 Å². The maximum absolute atomic E-state index is 12.9. The monoisotopic (exact) mass is 436 g/mol. The Hall–Kier alpha value is -3.41. The van der Waals surface area contributed by atoms with Gasteiger partial charge in [0.2, 0.25) is 0 Å². The number of H-pyrrole nitrogens is 1. The number of aromatic amines is 1. The molecule has 0 saturated carbocycles. The van der Waals surface area contributed by atoms with Crippen molar-refractivity contribution in [1.29, 1.82) is 0 Å². The molecule has 0 radical (unpaired) electrons. The zero-order valence-electron chi connectivity index (χ0n) is 15.7. The summed E-state index contributed by atoms with van der Waals surface area (Å²) in [5.74, 6) is -0.157. The Morgan fingerprint density at radius 3 is 2.67 bits per heavy atom. The van der Waals surface area contributed by atoms with E-state index >= 15 is 0 Å². The fourth-order valence-electron chi connectivity index (χ4n) is 2.99. The van der Waals surface area contributed by atoms with Crippen LogP contribution in [0.3, 0.4) is 0 Å². The van der Waals surface area contributed by atoms with Gasteiger partial charge in [-0.25, -0.2) is 18.1 Å². The SMILES string of the molecule is Cc1ccc2[nH]nc(C)c2c1NS(=O)(=O)c1cnn(-c2cc(C(F)(F)F)ccn2)c1. The molecule has 156 valence electrons. The first-order valence-electron chi connectivity index (χ1n) is 8.61. The molecule has 30 heavy (non-hydrogen) atoms. The molecule has 4 rings (SSSR count). The third kappa shape index (κ3) is 3.49. The number of aromatic nitrogens is 5. The number of hydrogen-bond donors (Lipinski definition) is 2. The van der Waals surface area contributed by atoms with Gasteiger partial charge in [-0.3, -0.25) is 9.82 Å². The Bertz CT molecular complexity index is 1360. The van der Waals surface area contributed by atoms with Crippen LogP contribution in [0.1, 0.15) is 16.8 Å². The molecule has 0 aliphatic heterocycles. The average molecular weight is 436 g/mol. The Morgan fingerprint density at radius 2 is 1.93 bits per heavy atom. The predicted molar refractivity (Wildman–Crippen MR) is 103 cm³/mol. The van der Waals surface area contributed by atoms with Crippen molar-refractivity contribution in [2.24, 2.45) is 0 Å². The van der Waals surface area contributed by atoms with E-state index in [1.807, 2.05) is 0 Å². The van der Waals surface area contributed by atoms with Crippen LogP contribution in [0.25, 0.3) is 16.7 Å². The number of alkyl halides is 3. The summed E-state index contributed by atoms with van der Waals surface area (Å²) in [6.45, 7) is 3.49. The molecule has 3 aromatic heterocycles. The molecule has 0 atom stereocenters. The van der Waals surface area contributed by atoms with E-state index in [1.165, 1.54) is 0 Å². The van der Waals surface area contributed by atoms with E-state index in [4.69, 9.17) is 0 Å². The zero-order chi connectivity index (χ0) is 21.7. The topological polar surface area (TPSA) is 106 Å². The van der Waals surface area contributed by atoms with Gasteiger partial charge in [-0.1, -0.05) is 6.07 Å². The molecule has 0 unspecified atom stereocenters. The number of fused-ring (bicyclic) bond motifs is 1. The van der Waals surface area contributed by atoms with Crippen LogP contribution in [0.4, 0.5) is 18.9 Å². The number of halogens is 3. The number of nitrogens with one attached hydrogen (secondary N) is 2. The Kier molecular flexibility index (Phi) is 4.53. The first-order valence-corrected chi connectivity index (χ1v) is 10.1. The number of pyridine rings is 1. The summed E-state index contributed by atoms with van der Waals surface area (Å²) < 4.78 is 68.1. The smallest absolute Gasteiger partial charge is 0.279 e. The van der Waals surface area contributed by atoms with Gasteiger partial charge in [0.05, 0.1) is 34.9 Å². The molecule has 1 aromatic carbocycles. The van der Waals surface area contributed by atoms with Gasteiger partial charge in [-0.2, -0.15) is 23.4 Å². The van der Waals surface area contributed by atoms with Gasteiger partial charge in [-0.05, 0) is 37.6 Å². The molecule has 8 nitrogen and oxygen atoms in total. The van der Waals surface area contributed by atoms with Gasteiger partial charge >= 0.3 is 6.18 Å². The van der Waals surface area contributed by atoms with Crippen molar-refractivity contribution in [3.05, 3.63) is 59.7 Å². The van der Waals surface area contributed by atoms with Crippen molar-refractivity contribution >= 4 is 26.6 Å². The lowest BCUT2D eigenvalue weighted by Gasteiger charge is -2.11. The summed E-state index contributed by atoms with van der Waals surface area (Å²) in [6, 6.07) is 5.15. The Morgan fingerprint density at radius 1 is 1.17 bits per heavy atom. The molecule has 0 bridgehead atoms. The summed E-state index contributed by atoms with van der Waals surface area (Å²) >= 11 is 0. The Labute approximate surface area is 168 Å². The molecule has 0 spiro atoms. The normalized spacial score (nSPS) is 12.4. The largest absolute Gasteiger partial charge is 0.416 e. The van der Waals surface area contributed by atoms with E-state index in [9.17, 15) is 21.6 Å². The van der Waals surface area contributed by atoms with Gasteiger partial charge in [0.25, 0.3) is 10.0 Å². The maximum atomic E-state index is 12.9. The molecule has 0 aliphatic carbocycles. The number of sulfonamides is 1. The van der Waals surface area contributed by atoms with E-state index in [0.29, 0.717) is 27.8 Å². The highest BCUT2D eigenvalue weighted by Gasteiger charge is 2.31. The van der Waals surface area contributed by atoms with E-state index in [0.717, 1.165) is 35.4 Å². The second-order valence-electron chi connectivity index (χ2n) is 6.62. The highest BCUT2D eigenvalue weighted by molar-refractivity contribution is 7.92. The first-order chi connectivity index (χ1) is 14.1. The van der Waals surface area contributed by atoms with E-state index in [-0.39, 0.29) is 10.7 Å². The molecule has 0 saturated heterocycles. The van der Waals surface area contributed by atoms with Gasteiger partial charge < -0.3 is 0 Å². The van der Waals surface area contributed by atoms with E-state index in [2.05, 4.69) is 25.0 Å². The third-order valence-electron chi connectivity index (χ3n) is 4.53. The summed E-state index contributed by atoms with van der Waals surface area (Å²) in [5.41, 5.74) is 1.42. The predicted octanol–water partition coefficient (Wildman–Crippen LogP) is 3.58. The van der Waals surface area contributed by atoms with Crippen LogP contribution in [-0.2, 0) is 16.2 Å². The average Bonchev–Trinajstić information content (AvgIpc) is 3.32. The van der Waals surface area contributed by atoms with Crippen molar-refractivity contribution in [2.75, 3.05) is 4.72 Å². The standard InChI is InChI=1S/C18H15F3N6O2S/c1-10-3-4-14-16(11(2)24-25-14)17(10)26-30(28,29)13-8-23-27(9-13)15-7-12(5-6-22-15)18(19,20)21/h3-9,26H,1-2H3,(H,24,25). The zero-order valence-corrected chi connectivity index (χ0v) is 16.5. The van der Waals surface area contributed by atoms with Crippen molar-refractivity contribution in [3.63, 3.8) is 0 Å². The molecule has 0 fully saturated rings. The lowest BCUT2D eigenvalue weighted by molar-refractivity contribution is -0.137. The number of rotatable bonds is 4. The minimum absolute atomic E-state index is 0.157. The van der Waals surface area contributed by atoms with Crippen molar-refractivity contribution in [2.45, 2.75) is 24.9 Å². The lowest BCUT2D eigenvalue weighted by atomic mass is 10.1. The summed E-state index contributed by atoms with van der Waals surface area (Å²) in [6.07, 6.45) is -1.43. The van der Waals surface area contributed by atoms with Crippen LogP contribution in [0.5, 0.6) is 0 Å². The third-order valence-corrected chi connectivity index (χ3v) is 5.84.